The van der Waals surface area contributed by atoms with Crippen molar-refractivity contribution < 1.29 is 23.5 Å². The first-order valence-electron chi connectivity index (χ1n) is 12.4. The maximum Gasteiger partial charge on any atom is 0.248 e. The SMILES string of the molecule is C=C/C=C(\C=C\c1cccnc1[C@H](Cc1cc(F)cc(F)c1)NC(=O)Cc1c[nH]c2cc(C)c(O)cc12)C(N)=O. The summed E-state index contributed by atoms with van der Waals surface area (Å²) in [5, 5.41) is 13.8. The number of hydrogen-bond acceptors (Lipinski definition) is 4. The molecular formula is C31H28F2N4O3. The molecule has 0 aliphatic carbocycles. The van der Waals surface area contributed by atoms with Crippen LogP contribution in [0.1, 0.15) is 34.0 Å². The molecule has 2 heterocycles. The zero-order valence-electron chi connectivity index (χ0n) is 21.7. The van der Waals surface area contributed by atoms with E-state index < -0.39 is 23.6 Å². The Hall–Kier alpha value is -5.05. The van der Waals surface area contributed by atoms with Crippen LogP contribution in [0.2, 0.25) is 0 Å². The number of pyridine rings is 1. The molecule has 2 aromatic heterocycles. The minimum atomic E-state index is -0.782. The van der Waals surface area contributed by atoms with E-state index in [9.17, 15) is 23.5 Å². The average Bonchev–Trinajstić information content (AvgIpc) is 3.26. The van der Waals surface area contributed by atoms with Crippen LogP contribution in [0.3, 0.4) is 0 Å². The minimum absolute atomic E-state index is 0.0254. The van der Waals surface area contributed by atoms with Crippen molar-refractivity contribution in [3.05, 3.63) is 125 Å². The molecule has 0 aliphatic rings. The minimum Gasteiger partial charge on any atom is -0.508 e. The van der Waals surface area contributed by atoms with Crippen LogP contribution in [0.25, 0.3) is 17.0 Å². The number of phenols is 1. The summed E-state index contributed by atoms with van der Waals surface area (Å²) in [5.41, 5.74) is 9.09. The largest absolute Gasteiger partial charge is 0.508 e. The van der Waals surface area contributed by atoms with Gasteiger partial charge in [0.25, 0.3) is 0 Å². The van der Waals surface area contributed by atoms with Crippen LogP contribution >= 0.6 is 0 Å². The molecule has 4 aromatic rings. The van der Waals surface area contributed by atoms with Crippen molar-refractivity contribution in [2.75, 3.05) is 0 Å². The van der Waals surface area contributed by atoms with E-state index in [0.29, 0.717) is 33.3 Å². The molecule has 0 saturated carbocycles. The van der Waals surface area contributed by atoms with E-state index in [2.05, 4.69) is 21.9 Å². The van der Waals surface area contributed by atoms with E-state index in [1.807, 2.05) is 0 Å². The van der Waals surface area contributed by atoms with Crippen LogP contribution in [-0.4, -0.2) is 26.9 Å². The molecule has 2 amide bonds. The van der Waals surface area contributed by atoms with Crippen LogP contribution in [0, 0.1) is 18.6 Å². The Labute approximate surface area is 229 Å². The number of carbonyl (C=O) groups excluding carboxylic acids is 2. The van der Waals surface area contributed by atoms with E-state index in [1.54, 1.807) is 43.5 Å². The summed E-state index contributed by atoms with van der Waals surface area (Å²) in [5.74, 6) is -2.38. The van der Waals surface area contributed by atoms with E-state index in [-0.39, 0.29) is 30.1 Å². The Morgan fingerprint density at radius 1 is 1.20 bits per heavy atom. The van der Waals surface area contributed by atoms with Crippen molar-refractivity contribution >= 4 is 28.8 Å². The zero-order valence-corrected chi connectivity index (χ0v) is 21.7. The van der Waals surface area contributed by atoms with Gasteiger partial charge in [-0.25, -0.2) is 8.78 Å². The van der Waals surface area contributed by atoms with E-state index in [0.717, 1.165) is 11.6 Å². The number of phenolic OH excluding ortho intramolecular Hbond substituents is 1. The molecule has 0 unspecified atom stereocenters. The predicted molar refractivity (Wildman–Crippen MR) is 150 cm³/mol. The number of amides is 2. The summed E-state index contributed by atoms with van der Waals surface area (Å²) in [4.78, 5) is 32.6. The van der Waals surface area contributed by atoms with Gasteiger partial charge < -0.3 is 21.1 Å². The van der Waals surface area contributed by atoms with Crippen molar-refractivity contribution in [2.24, 2.45) is 5.73 Å². The number of allylic oxidation sites excluding steroid dienone is 2. The van der Waals surface area contributed by atoms with Crippen LogP contribution in [0.15, 0.2) is 85.2 Å². The molecule has 204 valence electrons. The van der Waals surface area contributed by atoms with Crippen molar-refractivity contribution in [1.29, 1.82) is 0 Å². The molecule has 0 saturated heterocycles. The Kier molecular flexibility index (Phi) is 8.54. The van der Waals surface area contributed by atoms with Crippen LogP contribution in [-0.2, 0) is 22.4 Å². The monoisotopic (exact) mass is 542 g/mol. The summed E-state index contributed by atoms with van der Waals surface area (Å²) in [6.07, 6.45) is 9.28. The maximum absolute atomic E-state index is 14.0. The Balaban J connectivity index is 1.68. The van der Waals surface area contributed by atoms with Crippen LogP contribution < -0.4 is 11.1 Å². The standard InChI is InChI=1S/C31H28F2N4O3/c1-3-5-21(31(34)40)8-7-20-6-4-9-35-30(20)27(13-19-11-23(32)15-24(33)12-19)37-29(39)14-22-17-36-26-10-18(2)28(38)16-25(22)26/h3-12,15-17,27,36,38H,1,13-14H2,2H3,(H2,34,40)(H,37,39)/b8-7+,21-5+/t27-/m0/s1. The molecule has 2 aromatic carbocycles. The van der Waals surface area contributed by atoms with Gasteiger partial charge >= 0.3 is 0 Å². The lowest BCUT2D eigenvalue weighted by Crippen LogP contribution is -2.32. The molecule has 0 fully saturated rings. The second kappa shape index (κ2) is 12.2. The van der Waals surface area contributed by atoms with Gasteiger partial charge in [0.1, 0.15) is 17.4 Å². The summed E-state index contributed by atoms with van der Waals surface area (Å²) < 4.78 is 28.0. The molecule has 40 heavy (non-hydrogen) atoms. The highest BCUT2D eigenvalue weighted by Gasteiger charge is 2.21. The summed E-state index contributed by atoms with van der Waals surface area (Å²) in [6, 6.07) is 9.21. The van der Waals surface area contributed by atoms with E-state index >= 15 is 0 Å². The van der Waals surface area contributed by atoms with Gasteiger partial charge in [0, 0.05) is 34.9 Å². The smallest absolute Gasteiger partial charge is 0.248 e. The number of halogens is 2. The molecular weight excluding hydrogens is 514 g/mol. The fraction of sp³-hybridized carbons (Fsp3) is 0.129. The molecule has 0 bridgehead atoms. The number of aromatic amines is 1. The summed E-state index contributed by atoms with van der Waals surface area (Å²) in [7, 11) is 0. The normalized spacial score (nSPS) is 12.5. The lowest BCUT2D eigenvalue weighted by Gasteiger charge is -2.21. The molecule has 0 spiro atoms. The Morgan fingerprint density at radius 2 is 1.95 bits per heavy atom. The first kappa shape index (κ1) is 28.0. The number of nitrogens with zero attached hydrogens (tertiary/aromatic N) is 1. The zero-order chi connectivity index (χ0) is 28.8. The first-order valence-corrected chi connectivity index (χ1v) is 12.4. The van der Waals surface area contributed by atoms with Gasteiger partial charge in [-0.3, -0.25) is 14.6 Å². The molecule has 4 rings (SSSR count). The van der Waals surface area contributed by atoms with E-state index in [1.165, 1.54) is 36.6 Å². The number of nitrogens with one attached hydrogen (secondary N) is 2. The fourth-order valence-electron chi connectivity index (χ4n) is 4.46. The lowest BCUT2D eigenvalue weighted by atomic mass is 9.98. The predicted octanol–water partition coefficient (Wildman–Crippen LogP) is 5.11. The third-order valence-corrected chi connectivity index (χ3v) is 6.36. The number of hydrogen-bond donors (Lipinski definition) is 4. The lowest BCUT2D eigenvalue weighted by molar-refractivity contribution is -0.121. The number of fused-ring (bicyclic) bond motifs is 1. The number of aromatic nitrogens is 2. The van der Waals surface area contributed by atoms with Gasteiger partial charge in [0.05, 0.1) is 18.2 Å². The second-order valence-electron chi connectivity index (χ2n) is 9.31. The Bertz CT molecular complexity index is 1640. The molecule has 5 N–H and O–H groups in total. The van der Waals surface area contributed by atoms with Crippen LogP contribution in [0.4, 0.5) is 8.78 Å². The second-order valence-corrected chi connectivity index (χ2v) is 9.31. The van der Waals surface area contributed by atoms with Gasteiger partial charge in [0.15, 0.2) is 0 Å². The number of H-pyrrole nitrogens is 1. The van der Waals surface area contributed by atoms with Gasteiger partial charge in [-0.2, -0.15) is 0 Å². The number of aromatic hydroxyl groups is 1. The highest BCUT2D eigenvalue weighted by Crippen LogP contribution is 2.28. The molecule has 0 aliphatic heterocycles. The quantitative estimate of drug-likeness (QED) is 0.164. The molecule has 7 nitrogen and oxygen atoms in total. The van der Waals surface area contributed by atoms with Crippen molar-refractivity contribution in [3.8, 4) is 5.75 Å². The third-order valence-electron chi connectivity index (χ3n) is 6.36. The van der Waals surface area contributed by atoms with Gasteiger partial charge in [-0.05, 0) is 72.0 Å². The molecule has 9 heteroatoms. The number of benzene rings is 2. The van der Waals surface area contributed by atoms with Crippen molar-refractivity contribution in [3.63, 3.8) is 0 Å². The van der Waals surface area contributed by atoms with Gasteiger partial charge in [-0.15, -0.1) is 0 Å². The first-order chi connectivity index (χ1) is 19.1. The number of primary amides is 1. The number of aryl methyl sites for hydroxylation is 1. The highest BCUT2D eigenvalue weighted by molar-refractivity contribution is 5.96. The molecule has 1 atom stereocenters. The van der Waals surface area contributed by atoms with E-state index in [4.69, 9.17) is 5.73 Å². The number of carbonyl (C=O) groups is 2. The molecule has 0 radical (unpaired) electrons. The van der Waals surface area contributed by atoms with Crippen molar-refractivity contribution in [1.82, 2.24) is 15.3 Å². The van der Waals surface area contributed by atoms with Gasteiger partial charge in [0.2, 0.25) is 11.8 Å². The number of nitrogens with two attached hydrogens (primary N) is 1. The third kappa shape index (κ3) is 6.68. The average molecular weight is 543 g/mol. The number of rotatable bonds is 10. The summed E-state index contributed by atoms with van der Waals surface area (Å²) in [6.45, 7) is 5.36. The topological polar surface area (TPSA) is 121 Å². The van der Waals surface area contributed by atoms with Gasteiger partial charge in [-0.1, -0.05) is 30.9 Å². The van der Waals surface area contributed by atoms with Crippen molar-refractivity contribution in [2.45, 2.75) is 25.8 Å². The summed E-state index contributed by atoms with van der Waals surface area (Å²) >= 11 is 0. The van der Waals surface area contributed by atoms with Crippen LogP contribution in [0.5, 0.6) is 5.75 Å². The fourth-order valence-corrected chi connectivity index (χ4v) is 4.46. The Morgan fingerprint density at radius 3 is 2.65 bits per heavy atom. The maximum atomic E-state index is 14.0. The highest BCUT2D eigenvalue weighted by atomic mass is 19.1.